The Bertz CT molecular complexity index is 1170. The highest BCUT2D eigenvalue weighted by Crippen LogP contribution is 2.27. The Labute approximate surface area is 232 Å². The highest BCUT2D eigenvalue weighted by atomic mass is 35.5. The van der Waals surface area contributed by atoms with Gasteiger partial charge in [0.25, 0.3) is 0 Å². The highest BCUT2D eigenvalue weighted by Gasteiger charge is 2.26. The number of hydrogen-bond acceptors (Lipinski definition) is 5. The van der Waals surface area contributed by atoms with Crippen molar-refractivity contribution < 1.29 is 24.3 Å². The lowest BCUT2D eigenvalue weighted by Gasteiger charge is -2.32. The van der Waals surface area contributed by atoms with E-state index in [4.69, 9.17) is 28.3 Å². The molecule has 1 atom stereocenters. The van der Waals surface area contributed by atoms with Gasteiger partial charge in [-0.2, -0.15) is 0 Å². The Morgan fingerprint density at radius 3 is 2.39 bits per heavy atom. The summed E-state index contributed by atoms with van der Waals surface area (Å²) in [5.41, 5.74) is 2.19. The van der Waals surface area contributed by atoms with Crippen molar-refractivity contribution in [2.45, 2.75) is 38.1 Å². The number of hydrogen-bond donors (Lipinski definition) is 3. The topological polar surface area (TPSA) is 119 Å². The van der Waals surface area contributed by atoms with Crippen molar-refractivity contribution in [1.82, 2.24) is 15.1 Å². The summed E-state index contributed by atoms with van der Waals surface area (Å²) < 4.78 is 0. The summed E-state index contributed by atoms with van der Waals surface area (Å²) in [5.74, 6) is -2.10. The molecule has 0 radical (unpaired) electrons. The van der Waals surface area contributed by atoms with E-state index in [1.54, 1.807) is 36.2 Å². The van der Waals surface area contributed by atoms with Gasteiger partial charge in [-0.15, -0.1) is 0 Å². The first-order chi connectivity index (χ1) is 18.1. The van der Waals surface area contributed by atoms with Crippen LogP contribution in [0.2, 0.25) is 10.0 Å². The van der Waals surface area contributed by atoms with E-state index in [-0.39, 0.29) is 37.1 Å². The average molecular weight is 563 g/mol. The van der Waals surface area contributed by atoms with Crippen LogP contribution in [0.1, 0.15) is 42.9 Å². The largest absolute Gasteiger partial charge is 0.480 e. The molecule has 1 heterocycles. The first-order valence-corrected chi connectivity index (χ1v) is 13.2. The quantitative estimate of drug-likeness (QED) is 0.362. The maximum Gasteiger partial charge on any atom is 0.322 e. The molecular weight excluding hydrogens is 531 g/mol. The van der Waals surface area contributed by atoms with Gasteiger partial charge in [0.05, 0.1) is 22.5 Å². The van der Waals surface area contributed by atoms with Crippen LogP contribution in [0.15, 0.2) is 42.5 Å². The van der Waals surface area contributed by atoms with Crippen LogP contribution < -0.4 is 10.6 Å². The number of halogens is 2. The monoisotopic (exact) mass is 562 g/mol. The molecule has 3 N–H and O–H groups in total. The minimum atomic E-state index is -1.15. The predicted octanol–water partition coefficient (Wildman–Crippen LogP) is 3.75. The standard InChI is InChI=1S/C27H32Cl2N4O5/c1-32(26(36)14-18-7-8-21(28)22(29)13-18)23(17-33-11-2-3-12-33)19-5-4-6-20(15-19)31-25(35)10-9-24(34)30-16-27(37)38/h4-8,13,15,23H,2-3,9-12,14,16-17H2,1H3,(H,30,34)(H,31,35)(H,37,38)/t23-/m1/s1. The number of carbonyl (C=O) groups excluding carboxylic acids is 3. The number of nitrogens with zero attached hydrogens (tertiary/aromatic N) is 2. The van der Waals surface area contributed by atoms with Crippen molar-refractivity contribution >= 4 is 52.6 Å². The Balaban J connectivity index is 1.70. The number of anilines is 1. The molecule has 38 heavy (non-hydrogen) atoms. The van der Waals surface area contributed by atoms with Gasteiger partial charge in [0.15, 0.2) is 0 Å². The molecule has 0 spiro atoms. The molecule has 0 unspecified atom stereocenters. The lowest BCUT2D eigenvalue weighted by molar-refractivity contribution is -0.138. The van der Waals surface area contributed by atoms with Gasteiger partial charge >= 0.3 is 5.97 Å². The zero-order chi connectivity index (χ0) is 27.7. The number of carboxylic acids is 1. The molecule has 1 aliphatic heterocycles. The van der Waals surface area contributed by atoms with Crippen molar-refractivity contribution in [3.8, 4) is 0 Å². The van der Waals surface area contributed by atoms with Gasteiger partial charge in [-0.25, -0.2) is 0 Å². The highest BCUT2D eigenvalue weighted by molar-refractivity contribution is 6.42. The molecule has 2 aromatic rings. The molecule has 0 bridgehead atoms. The summed E-state index contributed by atoms with van der Waals surface area (Å²) in [7, 11) is 1.78. The van der Waals surface area contributed by atoms with E-state index in [1.807, 2.05) is 18.2 Å². The lowest BCUT2D eigenvalue weighted by Crippen LogP contribution is -2.39. The maximum absolute atomic E-state index is 13.3. The third kappa shape index (κ3) is 9.01. The Morgan fingerprint density at radius 1 is 1.00 bits per heavy atom. The normalized spacial score (nSPS) is 14.1. The van der Waals surface area contributed by atoms with E-state index in [1.165, 1.54) is 0 Å². The molecule has 2 aromatic carbocycles. The van der Waals surface area contributed by atoms with Crippen molar-refractivity contribution in [2.24, 2.45) is 0 Å². The van der Waals surface area contributed by atoms with Crippen LogP contribution in [0.3, 0.4) is 0 Å². The summed E-state index contributed by atoms with van der Waals surface area (Å²) >= 11 is 12.1. The van der Waals surface area contributed by atoms with Gasteiger partial charge in [0.1, 0.15) is 6.54 Å². The van der Waals surface area contributed by atoms with E-state index < -0.39 is 18.4 Å². The smallest absolute Gasteiger partial charge is 0.322 e. The second-order valence-electron chi connectivity index (χ2n) is 9.30. The maximum atomic E-state index is 13.3. The molecule has 0 saturated carbocycles. The molecule has 9 nitrogen and oxygen atoms in total. The molecule has 204 valence electrons. The SMILES string of the molecule is CN(C(=O)Cc1ccc(Cl)c(Cl)c1)[C@H](CN1CCCC1)c1cccc(NC(=O)CCC(=O)NCC(=O)O)c1. The molecule has 1 aliphatic rings. The summed E-state index contributed by atoms with van der Waals surface area (Å²) in [6.45, 7) is 2.10. The Hall–Kier alpha value is -3.14. The third-order valence-corrected chi connectivity index (χ3v) is 7.14. The zero-order valence-corrected chi connectivity index (χ0v) is 22.7. The van der Waals surface area contributed by atoms with E-state index >= 15 is 0 Å². The van der Waals surface area contributed by atoms with Crippen LogP contribution in [-0.2, 0) is 25.6 Å². The van der Waals surface area contributed by atoms with Gasteiger partial charge in [-0.05, 0) is 61.3 Å². The zero-order valence-electron chi connectivity index (χ0n) is 21.2. The van der Waals surface area contributed by atoms with E-state index in [0.29, 0.717) is 22.3 Å². The number of rotatable bonds is 12. The van der Waals surface area contributed by atoms with Crippen molar-refractivity contribution in [1.29, 1.82) is 0 Å². The number of benzene rings is 2. The first-order valence-electron chi connectivity index (χ1n) is 12.4. The fourth-order valence-electron chi connectivity index (χ4n) is 4.32. The van der Waals surface area contributed by atoms with Gasteiger partial charge in [0, 0.05) is 32.1 Å². The molecule has 1 saturated heterocycles. The number of aliphatic carboxylic acids is 1. The molecule has 11 heteroatoms. The third-order valence-electron chi connectivity index (χ3n) is 6.40. The number of carboxylic acid groups (broad SMARTS) is 1. The number of carbonyl (C=O) groups is 4. The Kier molecular flexibility index (Phi) is 10.9. The van der Waals surface area contributed by atoms with Crippen molar-refractivity contribution in [3.63, 3.8) is 0 Å². The summed E-state index contributed by atoms with van der Waals surface area (Å²) in [5, 5.41) is 14.5. The molecule has 1 fully saturated rings. The van der Waals surface area contributed by atoms with Gasteiger partial charge in [0.2, 0.25) is 17.7 Å². The summed E-state index contributed by atoms with van der Waals surface area (Å²) in [4.78, 5) is 52.0. The van der Waals surface area contributed by atoms with Gasteiger partial charge in [-0.1, -0.05) is 41.4 Å². The van der Waals surface area contributed by atoms with Gasteiger partial charge in [-0.3, -0.25) is 19.2 Å². The second-order valence-corrected chi connectivity index (χ2v) is 10.1. The summed E-state index contributed by atoms with van der Waals surface area (Å²) in [6.07, 6.45) is 2.19. The molecule has 0 aromatic heterocycles. The van der Waals surface area contributed by atoms with Crippen LogP contribution in [0, 0.1) is 0 Å². The fraction of sp³-hybridized carbons (Fsp3) is 0.407. The number of amides is 3. The fourth-order valence-corrected chi connectivity index (χ4v) is 4.64. The van der Waals surface area contributed by atoms with Gasteiger partial charge < -0.3 is 25.5 Å². The van der Waals surface area contributed by atoms with Crippen LogP contribution in [0.5, 0.6) is 0 Å². The van der Waals surface area contributed by atoms with E-state index in [9.17, 15) is 19.2 Å². The summed E-state index contributed by atoms with van der Waals surface area (Å²) in [6, 6.07) is 12.2. The lowest BCUT2D eigenvalue weighted by atomic mass is 10.0. The van der Waals surface area contributed by atoms with Crippen LogP contribution in [0.25, 0.3) is 0 Å². The number of likely N-dealkylation sites (tertiary alicyclic amines) is 1. The average Bonchev–Trinajstić information content (AvgIpc) is 3.40. The Morgan fingerprint density at radius 2 is 1.71 bits per heavy atom. The molecule has 3 amide bonds. The minimum Gasteiger partial charge on any atom is -0.480 e. The number of likely N-dealkylation sites (N-methyl/N-ethyl adjacent to an activating group) is 1. The molecular formula is C27H32Cl2N4O5. The first kappa shape index (κ1) is 29.4. The van der Waals surface area contributed by atoms with Crippen molar-refractivity contribution in [3.05, 3.63) is 63.6 Å². The van der Waals surface area contributed by atoms with Crippen LogP contribution in [-0.4, -0.2) is 71.8 Å². The minimum absolute atomic E-state index is 0.0746. The van der Waals surface area contributed by atoms with Crippen LogP contribution >= 0.6 is 23.2 Å². The predicted molar refractivity (Wildman–Crippen MR) is 146 cm³/mol. The molecule has 0 aliphatic carbocycles. The van der Waals surface area contributed by atoms with Crippen molar-refractivity contribution in [2.75, 3.05) is 38.5 Å². The van der Waals surface area contributed by atoms with E-state index in [2.05, 4.69) is 15.5 Å². The van der Waals surface area contributed by atoms with Crippen LogP contribution in [0.4, 0.5) is 5.69 Å². The van der Waals surface area contributed by atoms with E-state index in [0.717, 1.165) is 37.1 Å². The second kappa shape index (κ2) is 14.1. The number of nitrogens with one attached hydrogen (secondary N) is 2. The molecule has 3 rings (SSSR count).